The van der Waals surface area contributed by atoms with Gasteiger partial charge < -0.3 is 14.2 Å². The van der Waals surface area contributed by atoms with Crippen molar-refractivity contribution in [1.29, 1.82) is 0 Å². The Kier molecular flexibility index (Phi) is 7.27. The Hall–Kier alpha value is -1.01. The fourth-order valence-electron chi connectivity index (χ4n) is 8.97. The summed E-state index contributed by atoms with van der Waals surface area (Å²) in [5, 5.41) is 0. The van der Waals surface area contributed by atoms with Gasteiger partial charge in [0.15, 0.2) is 12.0 Å². The fraction of sp³-hybridized carbons (Fsp3) is 0.926. The van der Waals surface area contributed by atoms with Crippen molar-refractivity contribution in [3.63, 3.8) is 0 Å². The molecule has 0 bridgehead atoms. The van der Waals surface area contributed by atoms with Crippen LogP contribution in [0.25, 0.3) is 0 Å². The van der Waals surface area contributed by atoms with Crippen molar-refractivity contribution in [2.24, 2.45) is 46.3 Å². The van der Waals surface area contributed by atoms with Crippen molar-refractivity contribution >= 4 is 11.8 Å². The molecule has 3 unspecified atom stereocenters. The number of ether oxygens (including phenoxy) is 3. The minimum absolute atomic E-state index is 0.0640. The van der Waals surface area contributed by atoms with Crippen LogP contribution in [0.2, 0.25) is 0 Å². The van der Waals surface area contributed by atoms with Gasteiger partial charge in [-0.15, -0.1) is 0 Å². The van der Waals surface area contributed by atoms with Crippen LogP contribution in [0.5, 0.6) is 0 Å². The van der Waals surface area contributed by atoms with E-state index >= 15 is 4.39 Å². The average molecular weight is 467 g/mol. The van der Waals surface area contributed by atoms with Crippen molar-refractivity contribution in [3.8, 4) is 0 Å². The number of esters is 1. The van der Waals surface area contributed by atoms with Gasteiger partial charge in [-0.1, -0.05) is 20.8 Å². The molecular formula is C27H43FO5. The molecule has 0 amide bonds. The van der Waals surface area contributed by atoms with Crippen LogP contribution in [0, 0.1) is 46.3 Å². The number of carbonyl (C=O) groups excluding carboxylic acids is 2. The molecule has 6 heteroatoms. The Morgan fingerprint density at radius 3 is 2.52 bits per heavy atom. The molecule has 0 heterocycles. The summed E-state index contributed by atoms with van der Waals surface area (Å²) < 4.78 is 31.6. The lowest BCUT2D eigenvalue weighted by atomic mass is 9.43. The molecule has 188 valence electrons. The van der Waals surface area contributed by atoms with E-state index in [1.165, 1.54) is 13.5 Å². The summed E-state index contributed by atoms with van der Waals surface area (Å²) in [5.74, 6) is 1.72. The number of halogens is 1. The second-order valence-corrected chi connectivity index (χ2v) is 11.9. The number of fused-ring (bicyclic) bond motifs is 5. The van der Waals surface area contributed by atoms with E-state index < -0.39 is 6.17 Å². The van der Waals surface area contributed by atoms with Crippen molar-refractivity contribution in [2.45, 2.75) is 90.8 Å². The van der Waals surface area contributed by atoms with Crippen LogP contribution in [0.3, 0.4) is 0 Å². The zero-order valence-electron chi connectivity index (χ0n) is 21.1. The SMILES string of the molecule is COCO[C@@H]1C[C@@H]2[C@@H](F)C(=O)CC[C@]2(C)C2CC[C@@]3(C)C(CC[C@@H]3[C@H](C)CCC(=O)OC)C21. The first kappa shape index (κ1) is 25.1. The van der Waals surface area contributed by atoms with E-state index in [9.17, 15) is 9.59 Å². The Balaban J connectivity index is 1.60. The monoisotopic (exact) mass is 466 g/mol. The smallest absolute Gasteiger partial charge is 0.305 e. The van der Waals surface area contributed by atoms with Crippen molar-refractivity contribution < 1.29 is 28.2 Å². The molecule has 4 aliphatic carbocycles. The highest BCUT2D eigenvalue weighted by molar-refractivity contribution is 5.84. The van der Waals surface area contributed by atoms with Gasteiger partial charge in [-0.2, -0.15) is 0 Å². The maximum atomic E-state index is 15.2. The number of hydrogen-bond donors (Lipinski definition) is 0. The number of hydrogen-bond acceptors (Lipinski definition) is 5. The molecule has 4 saturated carbocycles. The maximum Gasteiger partial charge on any atom is 0.305 e. The van der Waals surface area contributed by atoms with Gasteiger partial charge in [0.2, 0.25) is 0 Å². The zero-order valence-corrected chi connectivity index (χ0v) is 21.1. The van der Waals surface area contributed by atoms with E-state index in [4.69, 9.17) is 14.2 Å². The Labute approximate surface area is 198 Å². The molecule has 4 rings (SSSR count). The highest BCUT2D eigenvalue weighted by atomic mass is 19.1. The van der Waals surface area contributed by atoms with E-state index in [0.29, 0.717) is 48.9 Å². The van der Waals surface area contributed by atoms with E-state index in [2.05, 4.69) is 20.8 Å². The summed E-state index contributed by atoms with van der Waals surface area (Å²) in [6.45, 7) is 7.23. The summed E-state index contributed by atoms with van der Waals surface area (Å²) in [7, 11) is 3.09. The first-order chi connectivity index (χ1) is 15.7. The maximum absolute atomic E-state index is 15.2. The third-order valence-corrected chi connectivity index (χ3v) is 10.7. The van der Waals surface area contributed by atoms with Gasteiger partial charge >= 0.3 is 5.97 Å². The van der Waals surface area contributed by atoms with Gasteiger partial charge in [0.1, 0.15) is 6.79 Å². The Morgan fingerprint density at radius 1 is 1.09 bits per heavy atom. The summed E-state index contributed by atoms with van der Waals surface area (Å²) in [5.41, 5.74) is 0.0645. The van der Waals surface area contributed by atoms with Gasteiger partial charge in [-0.05, 0) is 85.4 Å². The highest BCUT2D eigenvalue weighted by Gasteiger charge is 2.65. The number of ketones is 1. The molecule has 0 saturated heterocycles. The molecule has 10 atom stereocenters. The van der Waals surface area contributed by atoms with Crippen LogP contribution in [0.4, 0.5) is 4.39 Å². The van der Waals surface area contributed by atoms with Gasteiger partial charge in [0.25, 0.3) is 0 Å². The van der Waals surface area contributed by atoms with Crippen LogP contribution < -0.4 is 0 Å². The minimum atomic E-state index is -1.36. The number of alkyl halides is 1. The molecule has 5 nitrogen and oxygen atoms in total. The predicted molar refractivity (Wildman–Crippen MR) is 123 cm³/mol. The molecule has 0 spiro atoms. The Morgan fingerprint density at radius 2 is 1.82 bits per heavy atom. The van der Waals surface area contributed by atoms with Crippen LogP contribution in [-0.2, 0) is 23.8 Å². The largest absolute Gasteiger partial charge is 0.469 e. The first-order valence-corrected chi connectivity index (χ1v) is 13.0. The summed E-state index contributed by atoms with van der Waals surface area (Å²) in [6, 6.07) is 0. The zero-order chi connectivity index (χ0) is 24.0. The molecule has 0 aromatic carbocycles. The van der Waals surface area contributed by atoms with Crippen molar-refractivity contribution in [1.82, 2.24) is 0 Å². The quantitative estimate of drug-likeness (QED) is 0.374. The third-order valence-electron chi connectivity index (χ3n) is 10.7. The lowest BCUT2D eigenvalue weighted by Gasteiger charge is -2.62. The van der Waals surface area contributed by atoms with E-state index in [1.807, 2.05) is 0 Å². The number of rotatable bonds is 7. The van der Waals surface area contributed by atoms with Gasteiger partial charge in [0, 0.05) is 25.9 Å². The van der Waals surface area contributed by atoms with Crippen LogP contribution >= 0.6 is 0 Å². The van der Waals surface area contributed by atoms with Gasteiger partial charge in [-0.3, -0.25) is 9.59 Å². The van der Waals surface area contributed by atoms with Crippen molar-refractivity contribution in [3.05, 3.63) is 0 Å². The molecule has 0 radical (unpaired) electrons. The normalized spacial score (nSPS) is 45.6. The molecule has 0 aromatic rings. The number of Topliss-reactive ketones (excluding diaryl/α,β-unsaturated/α-hetero) is 1. The predicted octanol–water partition coefficient (Wildman–Crippen LogP) is 5.35. The lowest BCUT2D eigenvalue weighted by molar-refractivity contribution is -0.210. The topological polar surface area (TPSA) is 61.8 Å². The molecule has 4 aliphatic rings. The summed E-state index contributed by atoms with van der Waals surface area (Å²) in [4.78, 5) is 24.0. The number of methoxy groups -OCH3 is 2. The van der Waals surface area contributed by atoms with Crippen LogP contribution in [0.1, 0.15) is 78.6 Å². The number of carbonyl (C=O) groups is 2. The van der Waals surface area contributed by atoms with E-state index in [1.54, 1.807) is 7.11 Å². The van der Waals surface area contributed by atoms with Crippen molar-refractivity contribution in [2.75, 3.05) is 21.0 Å². The lowest BCUT2D eigenvalue weighted by Crippen LogP contribution is -2.61. The van der Waals surface area contributed by atoms with Gasteiger partial charge in [0.05, 0.1) is 13.2 Å². The molecule has 0 aromatic heterocycles. The second kappa shape index (κ2) is 9.56. The fourth-order valence-corrected chi connectivity index (χ4v) is 8.97. The minimum Gasteiger partial charge on any atom is -0.469 e. The first-order valence-electron chi connectivity index (χ1n) is 13.0. The summed E-state index contributed by atoms with van der Waals surface area (Å²) >= 11 is 0. The highest BCUT2D eigenvalue weighted by Crippen LogP contribution is 2.68. The molecule has 4 fully saturated rings. The van der Waals surface area contributed by atoms with Crippen LogP contribution in [0.15, 0.2) is 0 Å². The van der Waals surface area contributed by atoms with E-state index in [0.717, 1.165) is 32.1 Å². The molecule has 33 heavy (non-hydrogen) atoms. The standard InChI is InChI=1S/C27H43FO5/c1-16(6-9-23(30)32-5)17-7-8-18-24-19(10-12-26(17,18)2)27(3)13-11-21(29)25(28)20(27)14-22(24)33-15-31-4/h16-20,22,24-25H,6-15H2,1-5H3/t16-,17-,18?,19?,20-,22-,24?,25-,26-,27-/m1/s1. The molecule has 0 aliphatic heterocycles. The van der Waals surface area contributed by atoms with E-state index in [-0.39, 0.29) is 41.4 Å². The summed E-state index contributed by atoms with van der Waals surface area (Å²) in [6.07, 6.45) is 6.25. The molecule has 0 N–H and O–H groups in total. The second-order valence-electron chi connectivity index (χ2n) is 11.9. The van der Waals surface area contributed by atoms with Crippen LogP contribution in [-0.4, -0.2) is 45.0 Å². The molecular weight excluding hydrogens is 423 g/mol. The Bertz CT molecular complexity index is 742. The van der Waals surface area contributed by atoms with Gasteiger partial charge in [-0.25, -0.2) is 4.39 Å². The average Bonchev–Trinajstić information content (AvgIpc) is 3.16. The third kappa shape index (κ3) is 4.17.